The van der Waals surface area contributed by atoms with E-state index in [9.17, 15) is 0 Å². The fraction of sp³-hybridized carbons (Fsp3) is 0.857. The molecular formula is C14H30N2O. The van der Waals surface area contributed by atoms with Crippen LogP contribution in [0.25, 0.3) is 0 Å². The van der Waals surface area contributed by atoms with Crippen LogP contribution in [0.3, 0.4) is 0 Å². The van der Waals surface area contributed by atoms with Crippen LogP contribution < -0.4 is 11.1 Å². The van der Waals surface area contributed by atoms with Gasteiger partial charge >= 0.3 is 0 Å². The van der Waals surface area contributed by atoms with Gasteiger partial charge in [0.05, 0.1) is 13.2 Å². The Balaban J connectivity index is 3.75. The Bertz CT molecular complexity index is 216. The average molecular weight is 242 g/mol. The van der Waals surface area contributed by atoms with E-state index < -0.39 is 0 Å². The highest BCUT2D eigenvalue weighted by Gasteiger charge is 2.21. The molecule has 0 bridgehead atoms. The van der Waals surface area contributed by atoms with E-state index in [2.05, 4.69) is 32.7 Å². The van der Waals surface area contributed by atoms with E-state index in [1.54, 1.807) is 0 Å². The van der Waals surface area contributed by atoms with Crippen LogP contribution in [-0.4, -0.2) is 31.8 Å². The molecule has 0 aromatic rings. The average Bonchev–Trinajstić information content (AvgIpc) is 2.25. The fourth-order valence-electron chi connectivity index (χ4n) is 1.54. The van der Waals surface area contributed by atoms with Crippen LogP contribution >= 0.6 is 0 Å². The molecule has 0 rings (SSSR count). The van der Waals surface area contributed by atoms with E-state index in [1.807, 2.05) is 6.92 Å². The van der Waals surface area contributed by atoms with Gasteiger partial charge in [0.25, 0.3) is 0 Å². The molecule has 0 aromatic carbocycles. The van der Waals surface area contributed by atoms with Gasteiger partial charge in [-0.15, -0.1) is 0 Å². The summed E-state index contributed by atoms with van der Waals surface area (Å²) in [6.45, 7) is 15.3. The minimum atomic E-state index is 0.0385. The third kappa shape index (κ3) is 9.33. The molecule has 0 heterocycles. The first-order valence-electron chi connectivity index (χ1n) is 6.57. The quantitative estimate of drug-likeness (QED) is 0.456. The van der Waals surface area contributed by atoms with Gasteiger partial charge in [-0.3, -0.25) is 0 Å². The third-order valence-corrected chi connectivity index (χ3v) is 2.87. The molecule has 3 heteroatoms. The summed E-state index contributed by atoms with van der Waals surface area (Å²) < 4.78 is 5.46. The normalized spacial score (nSPS) is 14.9. The van der Waals surface area contributed by atoms with Crippen molar-refractivity contribution in [3.8, 4) is 0 Å². The lowest BCUT2D eigenvalue weighted by atomic mass is 9.92. The van der Waals surface area contributed by atoms with Gasteiger partial charge in [-0.05, 0) is 32.6 Å². The van der Waals surface area contributed by atoms with Crippen molar-refractivity contribution < 1.29 is 4.74 Å². The first-order chi connectivity index (χ1) is 7.89. The van der Waals surface area contributed by atoms with Gasteiger partial charge in [0, 0.05) is 18.6 Å². The van der Waals surface area contributed by atoms with Gasteiger partial charge < -0.3 is 15.8 Å². The second kappa shape index (κ2) is 8.67. The molecule has 0 aliphatic rings. The Morgan fingerprint density at radius 1 is 1.47 bits per heavy atom. The maximum absolute atomic E-state index is 5.84. The Kier molecular flexibility index (Phi) is 8.48. The van der Waals surface area contributed by atoms with Crippen LogP contribution in [0, 0.1) is 5.92 Å². The Morgan fingerprint density at radius 3 is 2.59 bits per heavy atom. The molecule has 0 fully saturated rings. The second-order valence-electron chi connectivity index (χ2n) is 5.63. The van der Waals surface area contributed by atoms with Gasteiger partial charge in [-0.25, -0.2) is 0 Å². The lowest BCUT2D eigenvalue weighted by molar-refractivity contribution is 0.147. The summed E-state index contributed by atoms with van der Waals surface area (Å²) >= 11 is 0. The van der Waals surface area contributed by atoms with Crippen molar-refractivity contribution in [2.75, 3.05) is 26.3 Å². The van der Waals surface area contributed by atoms with E-state index in [-0.39, 0.29) is 5.54 Å². The highest BCUT2D eigenvalue weighted by atomic mass is 16.5. The topological polar surface area (TPSA) is 47.3 Å². The summed E-state index contributed by atoms with van der Waals surface area (Å²) in [4.78, 5) is 0. The van der Waals surface area contributed by atoms with Gasteiger partial charge in [0.15, 0.2) is 0 Å². The molecule has 102 valence electrons. The minimum absolute atomic E-state index is 0.0385. The largest absolute Gasteiger partial charge is 0.376 e. The molecule has 0 aromatic heterocycles. The number of hydrogen-bond acceptors (Lipinski definition) is 3. The molecule has 1 atom stereocenters. The van der Waals surface area contributed by atoms with Crippen molar-refractivity contribution in [1.29, 1.82) is 0 Å². The van der Waals surface area contributed by atoms with Gasteiger partial charge in [0.1, 0.15) is 0 Å². The molecule has 0 saturated heterocycles. The lowest BCUT2D eigenvalue weighted by Crippen LogP contribution is -2.49. The summed E-state index contributed by atoms with van der Waals surface area (Å²) in [7, 11) is 0. The Hall–Kier alpha value is -0.380. The SMILES string of the molecule is C=C(C)COCCNC(C)(CN)CCC(C)C. The van der Waals surface area contributed by atoms with Crippen LogP contribution in [-0.2, 0) is 4.74 Å². The zero-order valence-corrected chi connectivity index (χ0v) is 12.0. The number of nitrogens with two attached hydrogens (primary N) is 1. The molecular weight excluding hydrogens is 212 g/mol. The third-order valence-electron chi connectivity index (χ3n) is 2.87. The first kappa shape index (κ1) is 16.6. The number of rotatable bonds is 10. The second-order valence-corrected chi connectivity index (χ2v) is 5.63. The lowest BCUT2D eigenvalue weighted by Gasteiger charge is -2.30. The zero-order valence-electron chi connectivity index (χ0n) is 12.0. The summed E-state index contributed by atoms with van der Waals surface area (Å²) in [5.41, 5.74) is 6.94. The number of hydrogen-bond donors (Lipinski definition) is 2. The molecule has 17 heavy (non-hydrogen) atoms. The summed E-state index contributed by atoms with van der Waals surface area (Å²) in [5.74, 6) is 0.724. The fourth-order valence-corrected chi connectivity index (χ4v) is 1.54. The monoisotopic (exact) mass is 242 g/mol. The molecule has 3 N–H and O–H groups in total. The van der Waals surface area contributed by atoms with Gasteiger partial charge in [0.2, 0.25) is 0 Å². The minimum Gasteiger partial charge on any atom is -0.376 e. The van der Waals surface area contributed by atoms with Crippen molar-refractivity contribution in [3.05, 3.63) is 12.2 Å². The number of nitrogens with one attached hydrogen (secondary N) is 1. The van der Waals surface area contributed by atoms with Crippen LogP contribution in [0.2, 0.25) is 0 Å². The summed E-state index contributed by atoms with van der Waals surface area (Å²) in [6, 6.07) is 0. The van der Waals surface area contributed by atoms with Gasteiger partial charge in [-0.2, -0.15) is 0 Å². The highest BCUT2D eigenvalue weighted by molar-refractivity contribution is 4.87. The molecule has 0 aliphatic heterocycles. The van der Waals surface area contributed by atoms with Crippen LogP contribution in [0.4, 0.5) is 0 Å². The number of ether oxygens (including phenoxy) is 1. The van der Waals surface area contributed by atoms with Crippen LogP contribution in [0.5, 0.6) is 0 Å². The highest BCUT2D eigenvalue weighted by Crippen LogP contribution is 2.15. The molecule has 3 nitrogen and oxygen atoms in total. The van der Waals surface area contributed by atoms with Crippen molar-refractivity contribution >= 4 is 0 Å². The summed E-state index contributed by atoms with van der Waals surface area (Å²) in [6.07, 6.45) is 2.31. The predicted molar refractivity (Wildman–Crippen MR) is 75.2 cm³/mol. The molecule has 0 radical (unpaired) electrons. The molecule has 0 amide bonds. The smallest absolute Gasteiger partial charge is 0.0672 e. The predicted octanol–water partition coefficient (Wildman–Crippen LogP) is 2.32. The van der Waals surface area contributed by atoms with Crippen LogP contribution in [0.15, 0.2) is 12.2 Å². The van der Waals surface area contributed by atoms with Crippen molar-refractivity contribution in [1.82, 2.24) is 5.32 Å². The first-order valence-corrected chi connectivity index (χ1v) is 6.57. The molecule has 0 spiro atoms. The van der Waals surface area contributed by atoms with E-state index >= 15 is 0 Å². The van der Waals surface area contributed by atoms with E-state index in [1.165, 1.54) is 6.42 Å². The molecule has 0 aliphatic carbocycles. The molecule has 0 saturated carbocycles. The molecule has 1 unspecified atom stereocenters. The summed E-state index contributed by atoms with van der Waals surface area (Å²) in [5, 5.41) is 3.50. The maximum atomic E-state index is 5.84. The van der Waals surface area contributed by atoms with Crippen LogP contribution in [0.1, 0.15) is 40.5 Å². The van der Waals surface area contributed by atoms with Crippen molar-refractivity contribution in [2.45, 2.75) is 46.1 Å². The Morgan fingerprint density at radius 2 is 2.12 bits per heavy atom. The standard InChI is InChI=1S/C14H30N2O/c1-12(2)6-7-14(5,11-15)16-8-9-17-10-13(3)4/h12,16H,3,6-11,15H2,1-2,4-5H3. The zero-order chi connectivity index (χ0) is 13.3. The Labute approximate surface area is 107 Å². The van der Waals surface area contributed by atoms with Crippen molar-refractivity contribution in [3.63, 3.8) is 0 Å². The van der Waals surface area contributed by atoms with Crippen molar-refractivity contribution in [2.24, 2.45) is 11.7 Å². The van der Waals surface area contributed by atoms with Gasteiger partial charge in [-0.1, -0.05) is 26.0 Å². The maximum Gasteiger partial charge on any atom is 0.0672 e. The van der Waals surface area contributed by atoms with E-state index in [4.69, 9.17) is 10.5 Å². The van der Waals surface area contributed by atoms with E-state index in [0.29, 0.717) is 19.8 Å². The van der Waals surface area contributed by atoms with E-state index in [0.717, 1.165) is 24.5 Å².